The Hall–Kier alpha value is -7.05. The first kappa shape index (κ1) is 53.7. The van der Waals surface area contributed by atoms with E-state index in [1.807, 2.05) is 36.8 Å². The molecule has 0 atom stereocenters. The maximum absolute atomic E-state index is 5.25. The molecular weight excluding hydrogens is 891 g/mol. The minimum Gasteiger partial charge on any atom is -0.464 e. The van der Waals surface area contributed by atoms with Crippen LogP contribution < -0.4 is 10.6 Å². The predicted octanol–water partition coefficient (Wildman–Crippen LogP) is 19.1. The standard InChI is InChI=1S/C12H13N.C11H15N.C11H13N.C11H15N.C11H13N.C11H12O/c1-9(2)10-7-8-13-12-6-4-3-5-11(10)12;2*1-8(2)9-3-4-11-10(7-9)5-6-12-11;2*1-8(2)10-5-3-4-9-6-7-12-11(9)10;1-8(2)9-3-4-11-10(7-9)5-6-12-11/h3-9H,1-2H3;3-4,7-8,12H,5-6H2,1-2H3;3-8,12H,1-2H3;3-5,8,12H,6-7H2,1-2H3;3-8,12H,1-2H3;3-8H,1-2H3. The summed E-state index contributed by atoms with van der Waals surface area (Å²) in [5.74, 6) is 3.63. The number of H-pyrrole nitrogens is 2. The van der Waals surface area contributed by atoms with E-state index >= 15 is 0 Å². The van der Waals surface area contributed by atoms with Crippen LogP contribution in [0.5, 0.6) is 0 Å². The summed E-state index contributed by atoms with van der Waals surface area (Å²) in [5, 5.41) is 11.9. The van der Waals surface area contributed by atoms with Crippen molar-refractivity contribution in [1.29, 1.82) is 0 Å². The Bertz CT molecular complexity index is 3200. The molecule has 0 bridgehead atoms. The third-order valence-corrected chi connectivity index (χ3v) is 13.9. The zero-order chi connectivity index (χ0) is 52.0. The van der Waals surface area contributed by atoms with Gasteiger partial charge in [-0.05, 0) is 164 Å². The Balaban J connectivity index is 0.000000128. The van der Waals surface area contributed by atoms with E-state index in [9.17, 15) is 0 Å². The average Bonchev–Trinajstić information content (AvgIpc) is 4.26. The minimum absolute atomic E-state index is 0.563. The molecule has 4 N–H and O–H groups in total. The molecule has 0 unspecified atom stereocenters. The normalized spacial score (nSPS) is 12.3. The molecule has 0 aliphatic carbocycles. The van der Waals surface area contributed by atoms with Crippen LogP contribution in [0.2, 0.25) is 0 Å². The van der Waals surface area contributed by atoms with Crippen LogP contribution in [0.15, 0.2) is 169 Å². The highest BCUT2D eigenvalue weighted by Crippen LogP contribution is 2.32. The van der Waals surface area contributed by atoms with Crippen molar-refractivity contribution in [2.75, 3.05) is 23.7 Å². The number of nitrogens with zero attached hydrogens (tertiary/aromatic N) is 1. The molecule has 6 nitrogen and oxygen atoms in total. The fourth-order valence-corrected chi connectivity index (χ4v) is 9.52. The third kappa shape index (κ3) is 14.1. The monoisotopic (exact) mass is 972 g/mol. The Morgan fingerprint density at radius 3 is 1.81 bits per heavy atom. The van der Waals surface area contributed by atoms with Gasteiger partial charge < -0.3 is 25.0 Å². The van der Waals surface area contributed by atoms with Gasteiger partial charge in [-0.3, -0.25) is 4.98 Å². The molecule has 12 rings (SSSR count). The van der Waals surface area contributed by atoms with E-state index in [0.29, 0.717) is 35.5 Å². The van der Waals surface area contributed by atoms with Crippen molar-refractivity contribution in [1.82, 2.24) is 15.0 Å². The Morgan fingerprint density at radius 2 is 1.07 bits per heavy atom. The number of fused-ring (bicyclic) bond motifs is 6. The first-order chi connectivity index (χ1) is 35.2. The molecule has 380 valence electrons. The predicted molar refractivity (Wildman–Crippen MR) is 316 cm³/mol. The highest BCUT2D eigenvalue weighted by molar-refractivity contribution is 5.84. The molecule has 6 aromatic carbocycles. The molecule has 0 saturated carbocycles. The quantitative estimate of drug-likeness (QED) is 0.134. The number of aromatic amines is 2. The fourth-order valence-electron chi connectivity index (χ4n) is 9.52. The lowest BCUT2D eigenvalue weighted by atomic mass is 9.98. The minimum atomic E-state index is 0.563. The van der Waals surface area contributed by atoms with Crippen LogP contribution in [0.3, 0.4) is 0 Å². The summed E-state index contributed by atoms with van der Waals surface area (Å²) in [6.07, 6.45) is 9.98. The summed E-state index contributed by atoms with van der Waals surface area (Å²) in [7, 11) is 0. The molecule has 10 aromatic rings. The first-order valence-electron chi connectivity index (χ1n) is 26.8. The Morgan fingerprint density at radius 1 is 0.452 bits per heavy atom. The van der Waals surface area contributed by atoms with Crippen molar-refractivity contribution in [2.24, 2.45) is 0 Å². The van der Waals surface area contributed by atoms with Crippen molar-refractivity contribution < 1.29 is 4.42 Å². The number of hydrogen-bond acceptors (Lipinski definition) is 4. The summed E-state index contributed by atoms with van der Waals surface area (Å²) < 4.78 is 5.25. The molecule has 4 aromatic heterocycles. The summed E-state index contributed by atoms with van der Waals surface area (Å²) in [5.41, 5.74) is 18.7. The van der Waals surface area contributed by atoms with E-state index in [1.165, 1.54) is 101 Å². The molecule has 0 amide bonds. The highest BCUT2D eigenvalue weighted by Gasteiger charge is 2.15. The number of furan rings is 1. The number of nitrogens with one attached hydrogen (secondary N) is 4. The van der Waals surface area contributed by atoms with Gasteiger partial charge in [0.25, 0.3) is 0 Å². The molecule has 6 heteroatoms. The van der Waals surface area contributed by atoms with Gasteiger partial charge in [-0.2, -0.15) is 0 Å². The van der Waals surface area contributed by atoms with E-state index in [2.05, 4.69) is 230 Å². The topological polar surface area (TPSA) is 81.7 Å². The Labute approximate surface area is 436 Å². The van der Waals surface area contributed by atoms with Gasteiger partial charge in [0.15, 0.2) is 0 Å². The van der Waals surface area contributed by atoms with Crippen molar-refractivity contribution in [3.8, 4) is 0 Å². The molecule has 73 heavy (non-hydrogen) atoms. The van der Waals surface area contributed by atoms with Gasteiger partial charge in [0, 0.05) is 64.9 Å². The van der Waals surface area contributed by atoms with Crippen LogP contribution in [0.1, 0.15) is 163 Å². The molecular formula is C67H81N5O. The summed E-state index contributed by atoms with van der Waals surface area (Å²) in [6.45, 7) is 28.9. The van der Waals surface area contributed by atoms with Gasteiger partial charge in [-0.25, -0.2) is 0 Å². The van der Waals surface area contributed by atoms with Crippen molar-refractivity contribution >= 4 is 55.1 Å². The van der Waals surface area contributed by atoms with Crippen LogP contribution in [0.25, 0.3) is 43.7 Å². The summed E-state index contributed by atoms with van der Waals surface area (Å²) in [6, 6.07) is 49.3. The molecule has 0 spiro atoms. The number of pyridine rings is 1. The van der Waals surface area contributed by atoms with Crippen LogP contribution in [0, 0.1) is 0 Å². The molecule has 0 radical (unpaired) electrons. The van der Waals surface area contributed by atoms with Crippen LogP contribution in [0.4, 0.5) is 11.4 Å². The molecule has 0 saturated heterocycles. The second-order valence-corrected chi connectivity index (χ2v) is 21.3. The highest BCUT2D eigenvalue weighted by atomic mass is 16.3. The number of hydrogen-bond donors (Lipinski definition) is 4. The number of rotatable bonds is 6. The van der Waals surface area contributed by atoms with Crippen molar-refractivity contribution in [2.45, 2.75) is 131 Å². The largest absolute Gasteiger partial charge is 0.464 e. The number of para-hydroxylation sites is 3. The zero-order valence-corrected chi connectivity index (χ0v) is 45.7. The maximum Gasteiger partial charge on any atom is 0.133 e. The second-order valence-electron chi connectivity index (χ2n) is 21.3. The van der Waals surface area contributed by atoms with E-state index in [4.69, 9.17) is 4.42 Å². The van der Waals surface area contributed by atoms with Gasteiger partial charge in [-0.15, -0.1) is 0 Å². The molecule has 0 fully saturated rings. The van der Waals surface area contributed by atoms with Crippen molar-refractivity contribution in [3.63, 3.8) is 0 Å². The summed E-state index contributed by atoms with van der Waals surface area (Å²) >= 11 is 0. The van der Waals surface area contributed by atoms with E-state index in [1.54, 1.807) is 6.26 Å². The van der Waals surface area contributed by atoms with Gasteiger partial charge in [0.05, 0.1) is 11.8 Å². The fraction of sp³-hybridized carbons (Fsp3) is 0.328. The van der Waals surface area contributed by atoms with Gasteiger partial charge in [0.2, 0.25) is 0 Å². The van der Waals surface area contributed by atoms with E-state index in [0.717, 1.165) is 24.2 Å². The van der Waals surface area contributed by atoms with E-state index < -0.39 is 0 Å². The van der Waals surface area contributed by atoms with Gasteiger partial charge in [0.1, 0.15) is 5.58 Å². The molecule has 6 heterocycles. The summed E-state index contributed by atoms with van der Waals surface area (Å²) in [4.78, 5) is 10.8. The molecule has 2 aliphatic heterocycles. The number of aromatic nitrogens is 3. The third-order valence-electron chi connectivity index (χ3n) is 13.9. The number of anilines is 2. The SMILES string of the molecule is CC(C)c1ccc2[nH]ccc2c1.CC(C)c1ccc2c(c1)CCN2.CC(C)c1ccc2occc2c1.CC(C)c1cccc2c1NCC2.CC(C)c1cccc2cc[nH]c12.CC(C)c1ccnc2ccccc12. The smallest absolute Gasteiger partial charge is 0.133 e. The maximum atomic E-state index is 5.25. The lowest BCUT2D eigenvalue weighted by Gasteiger charge is -2.11. The van der Waals surface area contributed by atoms with Crippen LogP contribution in [-0.2, 0) is 12.8 Å². The van der Waals surface area contributed by atoms with Crippen molar-refractivity contribution in [3.05, 3.63) is 209 Å². The first-order valence-corrected chi connectivity index (χ1v) is 26.8. The second kappa shape index (κ2) is 25.6. The number of benzene rings is 6. The van der Waals surface area contributed by atoms with E-state index in [-0.39, 0.29) is 0 Å². The van der Waals surface area contributed by atoms with Crippen LogP contribution in [-0.4, -0.2) is 28.0 Å². The lowest BCUT2D eigenvalue weighted by Crippen LogP contribution is -1.96. The lowest BCUT2D eigenvalue weighted by molar-refractivity contribution is 0.615. The van der Waals surface area contributed by atoms with Gasteiger partial charge in [-0.1, -0.05) is 162 Å². The van der Waals surface area contributed by atoms with Gasteiger partial charge >= 0.3 is 0 Å². The zero-order valence-electron chi connectivity index (χ0n) is 45.7. The van der Waals surface area contributed by atoms with Crippen LogP contribution >= 0.6 is 0 Å². The average molecular weight is 972 g/mol. The Kier molecular flexibility index (Phi) is 18.8. The molecule has 2 aliphatic rings.